The summed E-state index contributed by atoms with van der Waals surface area (Å²) in [6.45, 7) is 8.47. The van der Waals surface area contributed by atoms with Gasteiger partial charge in [-0.15, -0.1) is 0 Å². The van der Waals surface area contributed by atoms with E-state index in [-0.39, 0.29) is 17.9 Å². The van der Waals surface area contributed by atoms with E-state index in [2.05, 4.69) is 11.9 Å². The third-order valence-electron chi connectivity index (χ3n) is 3.85. The van der Waals surface area contributed by atoms with E-state index in [1.807, 2.05) is 31.2 Å². The summed E-state index contributed by atoms with van der Waals surface area (Å²) in [6, 6.07) is -0.0149. The summed E-state index contributed by atoms with van der Waals surface area (Å²) in [4.78, 5) is 18.1. The van der Waals surface area contributed by atoms with Gasteiger partial charge < -0.3 is 5.32 Å². The van der Waals surface area contributed by atoms with Gasteiger partial charge in [0.25, 0.3) is 0 Å². The second kappa shape index (κ2) is 7.41. The van der Waals surface area contributed by atoms with Gasteiger partial charge in [0.1, 0.15) is 0 Å². The summed E-state index contributed by atoms with van der Waals surface area (Å²) >= 11 is 0. The van der Waals surface area contributed by atoms with Crippen LogP contribution in [-0.2, 0) is 9.63 Å². The summed E-state index contributed by atoms with van der Waals surface area (Å²) < 4.78 is 0. The van der Waals surface area contributed by atoms with Crippen molar-refractivity contribution in [3.05, 3.63) is 36.5 Å². The molecule has 0 aromatic heterocycles. The number of piperidine rings is 1. The smallest absolute Gasteiger partial charge is 0.249 e. The summed E-state index contributed by atoms with van der Waals surface area (Å²) in [5.41, 5.74) is 0.933. The molecular formula is C16H24N2O2. The van der Waals surface area contributed by atoms with E-state index in [1.54, 1.807) is 5.06 Å². The topological polar surface area (TPSA) is 41.6 Å². The molecule has 2 saturated heterocycles. The lowest BCUT2D eigenvalue weighted by Crippen LogP contribution is -2.43. The summed E-state index contributed by atoms with van der Waals surface area (Å²) in [7, 11) is 0. The molecule has 0 aromatic carbocycles. The molecule has 0 aliphatic carbocycles. The van der Waals surface area contributed by atoms with E-state index in [9.17, 15) is 4.79 Å². The first-order valence-electron chi connectivity index (χ1n) is 7.39. The molecule has 1 atom stereocenters. The molecule has 2 aliphatic heterocycles. The van der Waals surface area contributed by atoms with Crippen LogP contribution in [0.1, 0.15) is 26.2 Å². The molecule has 2 heterocycles. The Morgan fingerprint density at radius 2 is 2.05 bits per heavy atom. The van der Waals surface area contributed by atoms with Crippen molar-refractivity contribution in [2.45, 2.75) is 32.2 Å². The van der Waals surface area contributed by atoms with Gasteiger partial charge in [0.15, 0.2) is 0 Å². The van der Waals surface area contributed by atoms with E-state index in [0.29, 0.717) is 6.61 Å². The first-order chi connectivity index (χ1) is 9.74. The third-order valence-corrected chi connectivity index (χ3v) is 3.85. The van der Waals surface area contributed by atoms with Crippen LogP contribution in [0.2, 0.25) is 0 Å². The Bertz CT molecular complexity index is 409. The molecule has 2 aliphatic rings. The van der Waals surface area contributed by atoms with Crippen LogP contribution in [-0.4, -0.2) is 36.7 Å². The minimum absolute atomic E-state index is 0.0149. The van der Waals surface area contributed by atoms with E-state index >= 15 is 0 Å². The van der Waals surface area contributed by atoms with Gasteiger partial charge in [0, 0.05) is 12.3 Å². The van der Waals surface area contributed by atoms with Crippen LogP contribution >= 0.6 is 0 Å². The molecule has 0 radical (unpaired) electrons. The molecule has 0 bridgehead atoms. The van der Waals surface area contributed by atoms with Gasteiger partial charge in [-0.2, -0.15) is 0 Å². The van der Waals surface area contributed by atoms with Crippen molar-refractivity contribution < 1.29 is 9.63 Å². The van der Waals surface area contributed by atoms with E-state index in [1.165, 1.54) is 0 Å². The van der Waals surface area contributed by atoms with Gasteiger partial charge in [-0.1, -0.05) is 30.9 Å². The van der Waals surface area contributed by atoms with Gasteiger partial charge in [-0.05, 0) is 38.4 Å². The van der Waals surface area contributed by atoms with Gasteiger partial charge in [0.2, 0.25) is 5.91 Å². The largest absolute Gasteiger partial charge is 0.317 e. The Morgan fingerprint density at radius 3 is 2.75 bits per heavy atom. The SMILES string of the molecule is C=C(/C=C\C=C/C)[C@@H]1CCON1C(=O)C1CCNCC1. The Morgan fingerprint density at radius 1 is 1.30 bits per heavy atom. The van der Waals surface area contributed by atoms with Crippen LogP contribution in [0.4, 0.5) is 0 Å². The fraction of sp³-hybridized carbons (Fsp3) is 0.562. The molecule has 4 nitrogen and oxygen atoms in total. The Kier molecular flexibility index (Phi) is 5.56. The molecule has 110 valence electrons. The average molecular weight is 276 g/mol. The number of carbonyl (C=O) groups is 1. The number of hydroxylamine groups is 2. The van der Waals surface area contributed by atoms with Gasteiger partial charge in [0.05, 0.1) is 12.6 Å². The van der Waals surface area contributed by atoms with Crippen molar-refractivity contribution in [2.24, 2.45) is 5.92 Å². The third kappa shape index (κ3) is 3.58. The molecule has 1 amide bonds. The number of allylic oxidation sites excluding steroid dienone is 3. The number of hydrogen-bond donors (Lipinski definition) is 1. The molecule has 20 heavy (non-hydrogen) atoms. The van der Waals surface area contributed by atoms with E-state index in [4.69, 9.17) is 4.84 Å². The Balaban J connectivity index is 1.99. The van der Waals surface area contributed by atoms with Crippen LogP contribution in [0.3, 0.4) is 0 Å². The molecule has 2 rings (SSSR count). The Hall–Kier alpha value is -1.39. The molecule has 0 spiro atoms. The van der Waals surface area contributed by atoms with Crippen LogP contribution < -0.4 is 5.32 Å². The van der Waals surface area contributed by atoms with Crippen LogP contribution in [0.25, 0.3) is 0 Å². The zero-order valence-corrected chi connectivity index (χ0v) is 12.2. The second-order valence-corrected chi connectivity index (χ2v) is 5.29. The normalized spacial score (nSPS) is 24.9. The molecule has 1 N–H and O–H groups in total. The number of rotatable bonds is 4. The van der Waals surface area contributed by atoms with Gasteiger partial charge >= 0.3 is 0 Å². The fourth-order valence-corrected chi connectivity index (χ4v) is 2.67. The highest BCUT2D eigenvalue weighted by Crippen LogP contribution is 2.26. The first-order valence-corrected chi connectivity index (χ1v) is 7.39. The van der Waals surface area contributed by atoms with Crippen LogP contribution in [0.5, 0.6) is 0 Å². The molecular weight excluding hydrogens is 252 g/mol. The van der Waals surface area contributed by atoms with Crippen LogP contribution in [0.15, 0.2) is 36.5 Å². The second-order valence-electron chi connectivity index (χ2n) is 5.29. The number of carbonyl (C=O) groups excluding carboxylic acids is 1. The van der Waals surface area contributed by atoms with Crippen LogP contribution in [0, 0.1) is 5.92 Å². The molecule has 2 fully saturated rings. The number of hydrogen-bond acceptors (Lipinski definition) is 3. The lowest BCUT2D eigenvalue weighted by atomic mass is 9.96. The summed E-state index contributed by atoms with van der Waals surface area (Å²) in [5, 5.41) is 4.85. The highest BCUT2D eigenvalue weighted by atomic mass is 16.7. The quantitative estimate of drug-likeness (QED) is 0.800. The summed E-state index contributed by atoms with van der Waals surface area (Å²) in [5.74, 6) is 0.207. The lowest BCUT2D eigenvalue weighted by Gasteiger charge is -2.29. The highest BCUT2D eigenvalue weighted by molar-refractivity contribution is 5.79. The maximum Gasteiger partial charge on any atom is 0.249 e. The fourth-order valence-electron chi connectivity index (χ4n) is 2.67. The maximum atomic E-state index is 12.5. The van der Waals surface area contributed by atoms with Crippen molar-refractivity contribution >= 4 is 5.91 Å². The van der Waals surface area contributed by atoms with Gasteiger partial charge in [-0.25, -0.2) is 5.06 Å². The molecule has 0 unspecified atom stereocenters. The summed E-state index contributed by atoms with van der Waals surface area (Å²) in [6.07, 6.45) is 10.5. The first kappa shape index (κ1) is 15.0. The zero-order chi connectivity index (χ0) is 14.4. The van der Waals surface area contributed by atoms with Gasteiger partial charge in [-0.3, -0.25) is 9.63 Å². The number of nitrogens with zero attached hydrogens (tertiary/aromatic N) is 1. The molecule has 0 aromatic rings. The average Bonchev–Trinajstić information content (AvgIpc) is 2.97. The van der Waals surface area contributed by atoms with Crippen molar-refractivity contribution in [1.29, 1.82) is 0 Å². The lowest BCUT2D eigenvalue weighted by molar-refractivity contribution is -0.179. The Labute approximate surface area is 121 Å². The monoisotopic (exact) mass is 276 g/mol. The standard InChI is InChI=1S/C16H24N2O2/c1-3-4-5-6-13(2)15-9-12-20-18(15)16(19)14-7-10-17-11-8-14/h3-6,14-15,17H,2,7-12H2,1H3/b4-3-,6-5-/t15-/m0/s1. The van der Waals surface area contributed by atoms with Crippen molar-refractivity contribution in [3.8, 4) is 0 Å². The molecule has 0 saturated carbocycles. The van der Waals surface area contributed by atoms with Crippen molar-refractivity contribution in [3.63, 3.8) is 0 Å². The number of amides is 1. The maximum absolute atomic E-state index is 12.5. The minimum atomic E-state index is -0.0149. The predicted octanol–water partition coefficient (Wildman–Crippen LogP) is 2.21. The molecule has 4 heteroatoms. The minimum Gasteiger partial charge on any atom is -0.317 e. The zero-order valence-electron chi connectivity index (χ0n) is 12.2. The van der Waals surface area contributed by atoms with E-state index in [0.717, 1.165) is 37.9 Å². The van der Waals surface area contributed by atoms with Crippen molar-refractivity contribution in [1.82, 2.24) is 10.4 Å². The van der Waals surface area contributed by atoms with E-state index < -0.39 is 0 Å². The van der Waals surface area contributed by atoms with Crippen molar-refractivity contribution in [2.75, 3.05) is 19.7 Å². The highest BCUT2D eigenvalue weighted by Gasteiger charge is 2.35. The predicted molar refractivity (Wildman–Crippen MR) is 79.9 cm³/mol. The number of nitrogens with one attached hydrogen (secondary N) is 1.